The Kier molecular flexibility index (Phi) is 4.81. The minimum absolute atomic E-state index is 0.738. The largest absolute Gasteiger partial charge is 0.378 e. The maximum absolute atomic E-state index is 5.56. The van der Waals surface area contributed by atoms with Crippen molar-refractivity contribution in [3.05, 3.63) is 48.5 Å². The number of fused-ring (bicyclic) bond motifs is 1. The average Bonchev–Trinajstić information content (AvgIpc) is 2.79. The first-order chi connectivity index (χ1) is 13.9. The summed E-state index contributed by atoms with van der Waals surface area (Å²) in [4.78, 5) is 14.6. The highest BCUT2D eigenvalue weighted by molar-refractivity contribution is 5.88. The van der Waals surface area contributed by atoms with Gasteiger partial charge in [0.05, 0.1) is 13.2 Å². The lowest BCUT2D eigenvalue weighted by atomic mass is 10.0. The molecule has 0 saturated carbocycles. The number of pyridine rings is 2. The zero-order valence-electron chi connectivity index (χ0n) is 16.0. The van der Waals surface area contributed by atoms with Gasteiger partial charge in [-0.2, -0.15) is 0 Å². The lowest BCUT2D eigenvalue weighted by Crippen LogP contribution is -2.43. The van der Waals surface area contributed by atoms with Gasteiger partial charge >= 0.3 is 0 Å². The van der Waals surface area contributed by atoms with E-state index in [9.17, 15) is 0 Å². The molecule has 0 amide bonds. The number of nitrogens with zero attached hydrogens (tertiary/aromatic N) is 4. The van der Waals surface area contributed by atoms with Crippen molar-refractivity contribution in [3.8, 4) is 11.1 Å². The lowest BCUT2D eigenvalue weighted by molar-refractivity contribution is 0.122. The predicted molar refractivity (Wildman–Crippen MR) is 113 cm³/mol. The number of anilines is 2. The molecule has 0 unspecified atom stereocenters. The Labute approximate surface area is 165 Å². The Morgan fingerprint density at radius 3 is 2.39 bits per heavy atom. The number of benzene rings is 1. The van der Waals surface area contributed by atoms with E-state index in [1.807, 2.05) is 6.07 Å². The van der Waals surface area contributed by atoms with Crippen LogP contribution in [-0.4, -0.2) is 62.5 Å². The van der Waals surface area contributed by atoms with Gasteiger partial charge in [0.2, 0.25) is 0 Å². The second-order valence-corrected chi connectivity index (χ2v) is 7.28. The van der Waals surface area contributed by atoms with Crippen molar-refractivity contribution in [3.63, 3.8) is 0 Å². The van der Waals surface area contributed by atoms with Crippen molar-refractivity contribution in [2.75, 3.05) is 62.3 Å². The Morgan fingerprint density at radius 2 is 1.61 bits per heavy atom. The van der Waals surface area contributed by atoms with E-state index in [0.29, 0.717) is 0 Å². The number of morpholine rings is 1. The van der Waals surface area contributed by atoms with E-state index in [-0.39, 0.29) is 0 Å². The Hall–Kier alpha value is -2.70. The van der Waals surface area contributed by atoms with E-state index in [1.54, 1.807) is 0 Å². The number of aromatic nitrogens is 2. The fourth-order valence-electron chi connectivity index (χ4n) is 3.95. The van der Waals surface area contributed by atoms with Crippen molar-refractivity contribution in [1.29, 1.82) is 0 Å². The van der Waals surface area contributed by atoms with E-state index < -0.39 is 0 Å². The topological polar surface area (TPSA) is 53.5 Å². The summed E-state index contributed by atoms with van der Waals surface area (Å²) in [7, 11) is 0. The van der Waals surface area contributed by atoms with Gasteiger partial charge in [0, 0.05) is 50.2 Å². The minimum atomic E-state index is 0.738. The molecule has 4 heterocycles. The van der Waals surface area contributed by atoms with Gasteiger partial charge in [-0.25, -0.2) is 9.97 Å². The second-order valence-electron chi connectivity index (χ2n) is 7.28. The number of hydrogen-bond acceptors (Lipinski definition) is 6. The zero-order valence-corrected chi connectivity index (χ0v) is 16.0. The van der Waals surface area contributed by atoms with Gasteiger partial charge in [-0.15, -0.1) is 0 Å². The molecular weight excluding hydrogens is 350 g/mol. The van der Waals surface area contributed by atoms with E-state index in [0.717, 1.165) is 80.7 Å². The summed E-state index contributed by atoms with van der Waals surface area (Å²) in [6.07, 6.45) is 0. The second kappa shape index (κ2) is 7.73. The number of hydrogen-bond donors (Lipinski definition) is 1. The standard InChI is InChI=1S/C22H25N5O/c1-2-4-17(5-3-1)19-16-18-6-7-20(26-10-8-23-9-11-26)24-21(18)25-22(19)27-12-14-28-15-13-27/h1-7,16,23H,8-15H2. The average molecular weight is 375 g/mol. The van der Waals surface area contributed by atoms with Crippen molar-refractivity contribution in [2.45, 2.75) is 0 Å². The molecule has 2 saturated heterocycles. The molecule has 0 bridgehead atoms. The van der Waals surface area contributed by atoms with Crippen molar-refractivity contribution < 1.29 is 4.74 Å². The summed E-state index contributed by atoms with van der Waals surface area (Å²) >= 11 is 0. The van der Waals surface area contributed by atoms with Crippen LogP contribution in [0.15, 0.2) is 48.5 Å². The van der Waals surface area contributed by atoms with E-state index in [4.69, 9.17) is 14.7 Å². The molecular formula is C22H25N5O. The molecule has 2 aliphatic heterocycles. The van der Waals surface area contributed by atoms with Crippen molar-refractivity contribution in [1.82, 2.24) is 15.3 Å². The molecule has 2 fully saturated rings. The molecule has 0 atom stereocenters. The van der Waals surface area contributed by atoms with Crippen LogP contribution in [-0.2, 0) is 4.74 Å². The van der Waals surface area contributed by atoms with Gasteiger partial charge in [0.1, 0.15) is 11.6 Å². The molecule has 6 nitrogen and oxygen atoms in total. The molecule has 1 aromatic carbocycles. The summed E-state index contributed by atoms with van der Waals surface area (Å²) in [5, 5.41) is 4.47. The SMILES string of the molecule is c1ccc(-c2cc3ccc(N4CCNCC4)nc3nc2N2CCOCC2)cc1. The lowest BCUT2D eigenvalue weighted by Gasteiger charge is -2.30. The minimum Gasteiger partial charge on any atom is -0.378 e. The van der Waals surface area contributed by atoms with Gasteiger partial charge in [-0.05, 0) is 23.8 Å². The summed E-state index contributed by atoms with van der Waals surface area (Å²) < 4.78 is 5.56. The molecule has 5 rings (SSSR count). The van der Waals surface area contributed by atoms with Gasteiger partial charge in [0.25, 0.3) is 0 Å². The molecule has 0 spiro atoms. The summed E-state index contributed by atoms with van der Waals surface area (Å²) in [6.45, 7) is 7.15. The van der Waals surface area contributed by atoms with Crippen LogP contribution in [0.1, 0.15) is 0 Å². The van der Waals surface area contributed by atoms with Crippen LogP contribution in [0.2, 0.25) is 0 Å². The zero-order chi connectivity index (χ0) is 18.8. The molecule has 2 aromatic heterocycles. The molecule has 1 N–H and O–H groups in total. The summed E-state index contributed by atoms with van der Waals surface area (Å²) in [5.41, 5.74) is 3.16. The van der Waals surface area contributed by atoms with E-state index in [2.05, 4.69) is 57.6 Å². The van der Waals surface area contributed by atoms with Gasteiger partial charge in [0.15, 0.2) is 5.65 Å². The number of rotatable bonds is 3. The molecule has 144 valence electrons. The maximum Gasteiger partial charge on any atom is 0.163 e. The maximum atomic E-state index is 5.56. The Morgan fingerprint density at radius 1 is 0.821 bits per heavy atom. The van der Waals surface area contributed by atoms with Crippen molar-refractivity contribution in [2.24, 2.45) is 0 Å². The normalized spacial score (nSPS) is 17.9. The number of nitrogens with one attached hydrogen (secondary N) is 1. The van der Waals surface area contributed by atoms with Crippen LogP contribution in [0.5, 0.6) is 0 Å². The smallest absolute Gasteiger partial charge is 0.163 e. The van der Waals surface area contributed by atoms with Crippen molar-refractivity contribution >= 4 is 22.7 Å². The third-order valence-corrected chi connectivity index (χ3v) is 5.48. The fourth-order valence-corrected chi connectivity index (χ4v) is 3.95. The highest BCUT2D eigenvalue weighted by Gasteiger charge is 2.20. The third-order valence-electron chi connectivity index (χ3n) is 5.48. The van der Waals surface area contributed by atoms with Gasteiger partial charge in [-0.3, -0.25) is 0 Å². The van der Waals surface area contributed by atoms with Crippen LogP contribution < -0.4 is 15.1 Å². The highest BCUT2D eigenvalue weighted by Crippen LogP contribution is 2.33. The van der Waals surface area contributed by atoms with Crippen LogP contribution >= 0.6 is 0 Å². The Balaban J connectivity index is 1.61. The predicted octanol–water partition coefficient (Wildman–Crippen LogP) is 2.54. The van der Waals surface area contributed by atoms with Gasteiger partial charge in [-0.1, -0.05) is 30.3 Å². The molecule has 6 heteroatoms. The van der Waals surface area contributed by atoms with Gasteiger partial charge < -0.3 is 19.9 Å². The van der Waals surface area contributed by atoms with E-state index in [1.165, 1.54) is 5.56 Å². The molecule has 0 radical (unpaired) electrons. The molecule has 0 aliphatic carbocycles. The number of piperazine rings is 1. The van der Waals surface area contributed by atoms with Crippen LogP contribution in [0.25, 0.3) is 22.2 Å². The van der Waals surface area contributed by atoms with Crippen LogP contribution in [0, 0.1) is 0 Å². The summed E-state index contributed by atoms with van der Waals surface area (Å²) in [6, 6.07) is 17.0. The first kappa shape index (κ1) is 17.4. The fraction of sp³-hybridized carbons (Fsp3) is 0.364. The Bertz CT molecular complexity index is 950. The monoisotopic (exact) mass is 375 g/mol. The summed E-state index contributed by atoms with van der Waals surface area (Å²) in [5.74, 6) is 2.02. The molecule has 3 aromatic rings. The third kappa shape index (κ3) is 3.41. The molecule has 28 heavy (non-hydrogen) atoms. The number of ether oxygens (including phenoxy) is 1. The first-order valence-corrected chi connectivity index (χ1v) is 10.0. The molecule has 2 aliphatic rings. The highest BCUT2D eigenvalue weighted by atomic mass is 16.5. The van der Waals surface area contributed by atoms with Crippen LogP contribution in [0.3, 0.4) is 0 Å². The van der Waals surface area contributed by atoms with E-state index >= 15 is 0 Å². The van der Waals surface area contributed by atoms with Crippen LogP contribution in [0.4, 0.5) is 11.6 Å². The first-order valence-electron chi connectivity index (χ1n) is 10.0. The quantitative estimate of drug-likeness (QED) is 0.759.